The van der Waals surface area contributed by atoms with Crippen LogP contribution in [0.15, 0.2) is 18.3 Å². The summed E-state index contributed by atoms with van der Waals surface area (Å²) in [7, 11) is 5.98. The van der Waals surface area contributed by atoms with Crippen molar-refractivity contribution >= 4 is 11.7 Å². The normalized spacial score (nSPS) is 20.6. The number of nitrogens with one attached hydrogen (secondary N) is 2. The number of rotatable bonds is 4. The number of hydrogen-bond donors (Lipinski definition) is 2. The first-order valence-corrected chi connectivity index (χ1v) is 6.91. The van der Waals surface area contributed by atoms with Crippen molar-refractivity contribution in [3.8, 4) is 0 Å². The molecule has 2 N–H and O–H groups in total. The van der Waals surface area contributed by atoms with Crippen LogP contribution in [0, 0.1) is 0 Å². The van der Waals surface area contributed by atoms with Gasteiger partial charge in [0.1, 0.15) is 5.82 Å². The number of anilines is 1. The van der Waals surface area contributed by atoms with Crippen LogP contribution in [0.5, 0.6) is 0 Å². The molecule has 0 spiro atoms. The predicted molar refractivity (Wildman–Crippen MR) is 80.0 cm³/mol. The van der Waals surface area contributed by atoms with Crippen molar-refractivity contribution in [1.29, 1.82) is 0 Å². The summed E-state index contributed by atoms with van der Waals surface area (Å²) in [5.74, 6) is 0.531. The highest BCUT2D eigenvalue weighted by atomic mass is 16.1. The average Bonchev–Trinajstić information content (AvgIpc) is 2.47. The van der Waals surface area contributed by atoms with Crippen molar-refractivity contribution in [2.75, 3.05) is 52.6 Å². The maximum Gasteiger partial charge on any atom is 0.255 e. The van der Waals surface area contributed by atoms with Gasteiger partial charge in [0, 0.05) is 45.5 Å². The molecule has 0 saturated carbocycles. The summed E-state index contributed by atoms with van der Waals surface area (Å²) in [6, 6.07) is 3.91. The summed E-state index contributed by atoms with van der Waals surface area (Å²) in [5.41, 5.74) is 0.585. The number of carbonyl (C=O) groups excluding carboxylic acids is 1. The Morgan fingerprint density at radius 2 is 2.25 bits per heavy atom. The zero-order chi connectivity index (χ0) is 14.5. The number of likely N-dealkylation sites (N-methyl/N-ethyl adjacent to an activating group) is 2. The SMILES string of the molecule is CNc1ncccc1C(=O)NCC1CN(C)CCN1C. The second-order valence-corrected chi connectivity index (χ2v) is 5.26. The minimum absolute atomic E-state index is 0.0796. The van der Waals surface area contributed by atoms with E-state index in [0.717, 1.165) is 19.6 Å². The van der Waals surface area contributed by atoms with Gasteiger partial charge in [0.2, 0.25) is 0 Å². The van der Waals surface area contributed by atoms with Gasteiger partial charge in [-0.3, -0.25) is 9.69 Å². The van der Waals surface area contributed by atoms with E-state index >= 15 is 0 Å². The number of pyridine rings is 1. The van der Waals surface area contributed by atoms with E-state index in [1.54, 1.807) is 25.4 Å². The van der Waals surface area contributed by atoms with Gasteiger partial charge in [0.25, 0.3) is 5.91 Å². The molecule has 1 saturated heterocycles. The molecule has 1 aromatic heterocycles. The van der Waals surface area contributed by atoms with Gasteiger partial charge < -0.3 is 15.5 Å². The summed E-state index contributed by atoms with van der Waals surface area (Å²) in [4.78, 5) is 21.0. The van der Waals surface area contributed by atoms with E-state index in [1.165, 1.54) is 0 Å². The lowest BCUT2D eigenvalue weighted by Crippen LogP contribution is -2.54. The third-order valence-electron chi connectivity index (χ3n) is 3.77. The summed E-state index contributed by atoms with van der Waals surface area (Å²) in [6.45, 7) is 3.74. The molecule has 0 aliphatic carbocycles. The first-order valence-electron chi connectivity index (χ1n) is 6.91. The van der Waals surface area contributed by atoms with Crippen molar-refractivity contribution in [3.63, 3.8) is 0 Å². The van der Waals surface area contributed by atoms with Crippen LogP contribution in [0.2, 0.25) is 0 Å². The van der Waals surface area contributed by atoms with Crippen molar-refractivity contribution in [2.24, 2.45) is 0 Å². The molecule has 110 valence electrons. The molecule has 1 fully saturated rings. The standard InChI is InChI=1S/C14H23N5O/c1-15-13-12(5-4-6-16-13)14(20)17-9-11-10-18(2)7-8-19(11)3/h4-6,11H,7-10H2,1-3H3,(H,15,16)(H,17,20). The molecular weight excluding hydrogens is 254 g/mol. The summed E-state index contributed by atoms with van der Waals surface area (Å²) >= 11 is 0. The number of hydrogen-bond acceptors (Lipinski definition) is 5. The molecule has 1 aliphatic rings. The van der Waals surface area contributed by atoms with E-state index in [-0.39, 0.29) is 5.91 Å². The van der Waals surface area contributed by atoms with Gasteiger partial charge in [-0.1, -0.05) is 0 Å². The second-order valence-electron chi connectivity index (χ2n) is 5.26. The van der Waals surface area contributed by atoms with E-state index in [0.29, 0.717) is 24.0 Å². The van der Waals surface area contributed by atoms with Crippen LogP contribution in [0.4, 0.5) is 5.82 Å². The molecule has 2 heterocycles. The monoisotopic (exact) mass is 277 g/mol. The van der Waals surface area contributed by atoms with Crippen LogP contribution in [-0.2, 0) is 0 Å². The van der Waals surface area contributed by atoms with Crippen LogP contribution in [0.25, 0.3) is 0 Å². The smallest absolute Gasteiger partial charge is 0.255 e. The number of carbonyl (C=O) groups is 1. The van der Waals surface area contributed by atoms with Gasteiger partial charge in [-0.15, -0.1) is 0 Å². The summed E-state index contributed by atoms with van der Waals surface area (Å²) in [5, 5.41) is 5.95. The van der Waals surface area contributed by atoms with Crippen LogP contribution >= 0.6 is 0 Å². The van der Waals surface area contributed by atoms with Crippen molar-refractivity contribution < 1.29 is 4.79 Å². The van der Waals surface area contributed by atoms with Gasteiger partial charge in [-0.25, -0.2) is 4.98 Å². The van der Waals surface area contributed by atoms with Crippen LogP contribution < -0.4 is 10.6 Å². The number of piperazine rings is 1. The largest absolute Gasteiger partial charge is 0.372 e. The highest BCUT2D eigenvalue weighted by molar-refractivity contribution is 5.98. The number of nitrogens with zero attached hydrogens (tertiary/aromatic N) is 3. The first-order chi connectivity index (χ1) is 9.61. The number of aromatic nitrogens is 1. The van der Waals surface area contributed by atoms with Gasteiger partial charge in [-0.2, -0.15) is 0 Å². The first kappa shape index (κ1) is 14.7. The molecule has 2 rings (SSSR count). The Morgan fingerprint density at radius 3 is 3.00 bits per heavy atom. The Kier molecular flexibility index (Phi) is 4.92. The molecule has 1 aliphatic heterocycles. The van der Waals surface area contributed by atoms with Crippen LogP contribution in [0.3, 0.4) is 0 Å². The van der Waals surface area contributed by atoms with Crippen molar-refractivity contribution in [3.05, 3.63) is 23.9 Å². The fraction of sp³-hybridized carbons (Fsp3) is 0.571. The fourth-order valence-electron chi connectivity index (χ4n) is 2.42. The molecule has 1 amide bonds. The Bertz CT molecular complexity index is 465. The quantitative estimate of drug-likeness (QED) is 0.817. The molecule has 0 bridgehead atoms. The molecule has 1 atom stereocenters. The van der Waals surface area contributed by atoms with Gasteiger partial charge >= 0.3 is 0 Å². The third-order valence-corrected chi connectivity index (χ3v) is 3.77. The second kappa shape index (κ2) is 6.67. The third kappa shape index (κ3) is 3.46. The Labute approximate surface area is 120 Å². The minimum atomic E-state index is -0.0796. The fourth-order valence-corrected chi connectivity index (χ4v) is 2.42. The highest BCUT2D eigenvalue weighted by Crippen LogP contribution is 2.10. The highest BCUT2D eigenvalue weighted by Gasteiger charge is 2.23. The van der Waals surface area contributed by atoms with E-state index in [2.05, 4.69) is 39.5 Å². The van der Waals surface area contributed by atoms with Crippen LogP contribution in [0.1, 0.15) is 10.4 Å². The van der Waals surface area contributed by atoms with E-state index < -0.39 is 0 Å². The predicted octanol–water partition coefficient (Wildman–Crippen LogP) is 0.0989. The van der Waals surface area contributed by atoms with Crippen molar-refractivity contribution in [2.45, 2.75) is 6.04 Å². The van der Waals surface area contributed by atoms with E-state index in [1.807, 2.05) is 0 Å². The summed E-state index contributed by atoms with van der Waals surface area (Å²) < 4.78 is 0. The number of amides is 1. The molecule has 6 nitrogen and oxygen atoms in total. The Hall–Kier alpha value is -1.66. The topological polar surface area (TPSA) is 60.5 Å². The molecule has 20 heavy (non-hydrogen) atoms. The lowest BCUT2D eigenvalue weighted by atomic mass is 10.1. The minimum Gasteiger partial charge on any atom is -0.372 e. The molecular formula is C14H23N5O. The zero-order valence-electron chi connectivity index (χ0n) is 12.4. The molecule has 0 aromatic carbocycles. The van der Waals surface area contributed by atoms with E-state index in [4.69, 9.17) is 0 Å². The lowest BCUT2D eigenvalue weighted by Gasteiger charge is -2.37. The molecule has 1 unspecified atom stereocenters. The van der Waals surface area contributed by atoms with Gasteiger partial charge in [-0.05, 0) is 26.2 Å². The molecule has 1 aromatic rings. The van der Waals surface area contributed by atoms with Gasteiger partial charge in [0.05, 0.1) is 5.56 Å². The lowest BCUT2D eigenvalue weighted by molar-refractivity contribution is 0.0881. The van der Waals surface area contributed by atoms with Crippen molar-refractivity contribution in [1.82, 2.24) is 20.1 Å². The molecule has 0 radical (unpaired) electrons. The van der Waals surface area contributed by atoms with Gasteiger partial charge in [0.15, 0.2) is 0 Å². The maximum atomic E-state index is 12.2. The Balaban J connectivity index is 1.94. The average molecular weight is 277 g/mol. The summed E-state index contributed by atoms with van der Waals surface area (Å²) in [6.07, 6.45) is 1.67. The zero-order valence-corrected chi connectivity index (χ0v) is 12.4. The molecule has 6 heteroatoms. The van der Waals surface area contributed by atoms with Crippen LogP contribution in [-0.4, -0.2) is 74.1 Å². The van der Waals surface area contributed by atoms with E-state index in [9.17, 15) is 4.79 Å². The maximum absolute atomic E-state index is 12.2. The Morgan fingerprint density at radius 1 is 1.45 bits per heavy atom.